The molecule has 0 aliphatic rings. The molecule has 0 fully saturated rings. The van der Waals surface area contributed by atoms with E-state index in [1.54, 1.807) is 0 Å². The van der Waals surface area contributed by atoms with Crippen molar-refractivity contribution in [1.29, 1.82) is 0 Å². The second kappa shape index (κ2) is 6.09. The molecule has 0 aliphatic carbocycles. The molecule has 0 bridgehead atoms. The summed E-state index contributed by atoms with van der Waals surface area (Å²) in [6, 6.07) is 13.0. The van der Waals surface area contributed by atoms with Crippen LogP contribution in [0, 0.1) is 6.92 Å². The third-order valence-corrected chi connectivity index (χ3v) is 4.05. The number of anilines is 1. The third kappa shape index (κ3) is 3.39. The summed E-state index contributed by atoms with van der Waals surface area (Å²) in [6.45, 7) is 3.93. The average molecular weight is 333 g/mol. The second-order valence-electron chi connectivity index (χ2n) is 4.83. The van der Waals surface area contributed by atoms with E-state index in [0.29, 0.717) is 11.3 Å². The van der Waals surface area contributed by atoms with E-state index in [-0.39, 0.29) is 11.9 Å². The number of nitrogens with one attached hydrogen (secondary N) is 1. The zero-order valence-electron chi connectivity index (χ0n) is 11.5. The van der Waals surface area contributed by atoms with Gasteiger partial charge >= 0.3 is 0 Å². The molecule has 0 aliphatic heterocycles. The highest BCUT2D eigenvalue weighted by atomic mass is 79.9. The zero-order chi connectivity index (χ0) is 14.7. The lowest BCUT2D eigenvalue weighted by Gasteiger charge is -2.15. The molecule has 3 nitrogen and oxygen atoms in total. The Morgan fingerprint density at radius 1 is 1.25 bits per heavy atom. The van der Waals surface area contributed by atoms with Crippen molar-refractivity contribution < 1.29 is 4.79 Å². The van der Waals surface area contributed by atoms with E-state index in [9.17, 15) is 4.79 Å². The van der Waals surface area contributed by atoms with E-state index in [2.05, 4.69) is 21.2 Å². The largest absolute Gasteiger partial charge is 0.399 e. The first-order valence-corrected chi connectivity index (χ1v) is 7.19. The van der Waals surface area contributed by atoms with Crippen LogP contribution in [0.4, 0.5) is 5.69 Å². The van der Waals surface area contributed by atoms with Crippen LogP contribution in [0.15, 0.2) is 46.9 Å². The quantitative estimate of drug-likeness (QED) is 0.839. The van der Waals surface area contributed by atoms with E-state index < -0.39 is 0 Å². The molecular weight excluding hydrogens is 316 g/mol. The Labute approximate surface area is 127 Å². The normalized spacial score (nSPS) is 11.9. The third-order valence-electron chi connectivity index (χ3n) is 3.19. The van der Waals surface area contributed by atoms with Gasteiger partial charge in [0.05, 0.1) is 6.04 Å². The lowest BCUT2D eigenvalue weighted by Crippen LogP contribution is -2.26. The van der Waals surface area contributed by atoms with Crippen LogP contribution in [0.3, 0.4) is 0 Å². The van der Waals surface area contributed by atoms with Crippen LogP contribution in [-0.2, 0) is 0 Å². The Morgan fingerprint density at radius 2 is 2.00 bits per heavy atom. The standard InChI is InChI=1S/C16H17BrN2O/c1-10-6-7-13(9-15(10)17)16(20)19-11(2)12-4-3-5-14(18)8-12/h3-9,11H,18H2,1-2H3,(H,19,20). The molecule has 1 atom stereocenters. The zero-order valence-corrected chi connectivity index (χ0v) is 13.1. The highest BCUT2D eigenvalue weighted by Gasteiger charge is 2.12. The van der Waals surface area contributed by atoms with Gasteiger partial charge in [-0.1, -0.05) is 34.1 Å². The van der Waals surface area contributed by atoms with Crippen LogP contribution in [0.25, 0.3) is 0 Å². The van der Waals surface area contributed by atoms with Gasteiger partial charge in [-0.2, -0.15) is 0 Å². The lowest BCUT2D eigenvalue weighted by atomic mass is 10.1. The van der Waals surface area contributed by atoms with Gasteiger partial charge in [0, 0.05) is 15.7 Å². The van der Waals surface area contributed by atoms with Gasteiger partial charge in [-0.05, 0) is 49.2 Å². The maximum atomic E-state index is 12.2. The first-order chi connectivity index (χ1) is 9.47. The second-order valence-corrected chi connectivity index (χ2v) is 5.68. The van der Waals surface area contributed by atoms with Gasteiger partial charge in [-0.25, -0.2) is 0 Å². The van der Waals surface area contributed by atoms with Crippen LogP contribution in [0.2, 0.25) is 0 Å². The number of nitrogen functional groups attached to an aromatic ring is 1. The van der Waals surface area contributed by atoms with Crippen LogP contribution >= 0.6 is 15.9 Å². The maximum Gasteiger partial charge on any atom is 0.251 e. The number of hydrogen-bond acceptors (Lipinski definition) is 2. The minimum atomic E-state index is -0.0966. The highest BCUT2D eigenvalue weighted by molar-refractivity contribution is 9.10. The summed E-state index contributed by atoms with van der Waals surface area (Å²) in [5.74, 6) is -0.0966. The van der Waals surface area contributed by atoms with Crippen LogP contribution < -0.4 is 11.1 Å². The molecule has 0 saturated carbocycles. The highest BCUT2D eigenvalue weighted by Crippen LogP contribution is 2.19. The SMILES string of the molecule is Cc1ccc(C(=O)NC(C)c2cccc(N)c2)cc1Br. The molecule has 0 saturated heterocycles. The summed E-state index contributed by atoms with van der Waals surface area (Å²) < 4.78 is 0.932. The number of benzene rings is 2. The van der Waals surface area contributed by atoms with Crippen molar-refractivity contribution >= 4 is 27.5 Å². The smallest absolute Gasteiger partial charge is 0.251 e. The predicted octanol–water partition coefficient (Wildman–Crippen LogP) is 3.83. The van der Waals surface area contributed by atoms with Crippen LogP contribution in [0.5, 0.6) is 0 Å². The summed E-state index contributed by atoms with van der Waals surface area (Å²) in [5, 5.41) is 2.97. The number of amides is 1. The molecule has 2 rings (SSSR count). The van der Waals surface area contributed by atoms with Crippen molar-refractivity contribution in [1.82, 2.24) is 5.32 Å². The number of aryl methyl sites for hydroxylation is 1. The summed E-state index contributed by atoms with van der Waals surface area (Å²) >= 11 is 3.44. The molecule has 0 spiro atoms. The average Bonchev–Trinajstić information content (AvgIpc) is 2.41. The van der Waals surface area contributed by atoms with Gasteiger partial charge in [0.1, 0.15) is 0 Å². The molecule has 2 aromatic rings. The number of hydrogen-bond donors (Lipinski definition) is 2. The molecular formula is C16H17BrN2O. The lowest BCUT2D eigenvalue weighted by molar-refractivity contribution is 0.0940. The van der Waals surface area contributed by atoms with Crippen molar-refractivity contribution in [2.75, 3.05) is 5.73 Å². The number of carbonyl (C=O) groups is 1. The van der Waals surface area contributed by atoms with Crippen molar-refractivity contribution in [2.24, 2.45) is 0 Å². The van der Waals surface area contributed by atoms with E-state index in [4.69, 9.17) is 5.73 Å². The van der Waals surface area contributed by atoms with Gasteiger partial charge in [0.2, 0.25) is 0 Å². The van der Waals surface area contributed by atoms with Gasteiger partial charge in [-0.3, -0.25) is 4.79 Å². The van der Waals surface area contributed by atoms with Crippen LogP contribution in [-0.4, -0.2) is 5.91 Å². The van der Waals surface area contributed by atoms with Crippen molar-refractivity contribution in [2.45, 2.75) is 19.9 Å². The van der Waals surface area contributed by atoms with Crippen molar-refractivity contribution in [3.63, 3.8) is 0 Å². The molecule has 0 aromatic heterocycles. The number of rotatable bonds is 3. The molecule has 1 amide bonds. The molecule has 4 heteroatoms. The van der Waals surface area contributed by atoms with Gasteiger partial charge in [-0.15, -0.1) is 0 Å². The Kier molecular flexibility index (Phi) is 4.45. The van der Waals surface area contributed by atoms with Gasteiger partial charge in [0.25, 0.3) is 5.91 Å². The van der Waals surface area contributed by atoms with E-state index in [1.807, 2.05) is 56.3 Å². The molecule has 3 N–H and O–H groups in total. The van der Waals surface area contributed by atoms with E-state index >= 15 is 0 Å². The fourth-order valence-corrected chi connectivity index (χ4v) is 2.30. The minimum absolute atomic E-state index is 0.0916. The number of carbonyl (C=O) groups excluding carboxylic acids is 1. The summed E-state index contributed by atoms with van der Waals surface area (Å²) in [7, 11) is 0. The van der Waals surface area contributed by atoms with Gasteiger partial charge < -0.3 is 11.1 Å². The summed E-state index contributed by atoms with van der Waals surface area (Å²) in [5.41, 5.74) is 9.18. The topological polar surface area (TPSA) is 55.1 Å². The Balaban J connectivity index is 2.13. The fourth-order valence-electron chi connectivity index (χ4n) is 1.93. The van der Waals surface area contributed by atoms with Crippen molar-refractivity contribution in [3.05, 3.63) is 63.6 Å². The molecule has 20 heavy (non-hydrogen) atoms. The van der Waals surface area contributed by atoms with Gasteiger partial charge in [0.15, 0.2) is 0 Å². The molecule has 0 radical (unpaired) electrons. The Hall–Kier alpha value is -1.81. The fraction of sp³-hybridized carbons (Fsp3) is 0.188. The Morgan fingerprint density at radius 3 is 2.65 bits per heavy atom. The maximum absolute atomic E-state index is 12.2. The first kappa shape index (κ1) is 14.6. The number of halogens is 1. The molecule has 0 heterocycles. The molecule has 1 unspecified atom stereocenters. The molecule has 104 valence electrons. The van der Waals surface area contributed by atoms with E-state index in [0.717, 1.165) is 15.6 Å². The van der Waals surface area contributed by atoms with Crippen LogP contribution in [0.1, 0.15) is 34.5 Å². The number of nitrogens with two attached hydrogens (primary N) is 1. The predicted molar refractivity (Wildman–Crippen MR) is 85.6 cm³/mol. The van der Waals surface area contributed by atoms with Crippen molar-refractivity contribution in [3.8, 4) is 0 Å². The van der Waals surface area contributed by atoms with E-state index in [1.165, 1.54) is 0 Å². The molecule has 2 aromatic carbocycles. The minimum Gasteiger partial charge on any atom is -0.399 e. The summed E-state index contributed by atoms with van der Waals surface area (Å²) in [6.07, 6.45) is 0. The monoisotopic (exact) mass is 332 g/mol. The Bertz CT molecular complexity index is 640. The summed E-state index contributed by atoms with van der Waals surface area (Å²) in [4.78, 5) is 12.2. The first-order valence-electron chi connectivity index (χ1n) is 6.40.